The first kappa shape index (κ1) is 25.8. The molecule has 0 heterocycles. The molecule has 1 aliphatic carbocycles. The molecule has 2 nitrogen and oxygen atoms in total. The summed E-state index contributed by atoms with van der Waals surface area (Å²) in [5, 5.41) is 2.62. The van der Waals surface area contributed by atoms with Crippen LogP contribution in [0.3, 0.4) is 0 Å². The Morgan fingerprint density at radius 3 is 1.94 bits per heavy atom. The molecule has 0 saturated heterocycles. The van der Waals surface area contributed by atoms with Gasteiger partial charge in [-0.1, -0.05) is 67.2 Å². The fourth-order valence-corrected chi connectivity index (χ4v) is 5.27. The maximum absolute atomic E-state index is 2.40. The number of nitrogens with zero attached hydrogens (tertiary/aromatic N) is 2. The van der Waals surface area contributed by atoms with Gasteiger partial charge in [0.15, 0.2) is 13.0 Å². The van der Waals surface area contributed by atoms with Crippen LogP contribution in [0.25, 0.3) is 16.3 Å². The molecule has 0 bridgehead atoms. The van der Waals surface area contributed by atoms with Crippen molar-refractivity contribution in [1.29, 1.82) is 0 Å². The molecule has 183 valence electrons. The van der Waals surface area contributed by atoms with Crippen LogP contribution in [0.1, 0.15) is 45.7 Å². The summed E-state index contributed by atoms with van der Waals surface area (Å²) in [5.41, 5.74) is 8.93. The van der Waals surface area contributed by atoms with Crippen LogP contribution in [0.5, 0.6) is 0 Å². The van der Waals surface area contributed by atoms with Gasteiger partial charge >= 0.3 is 0 Å². The highest BCUT2D eigenvalue weighted by molar-refractivity contribution is 6.57. The van der Waals surface area contributed by atoms with E-state index in [0.29, 0.717) is 0 Å². The van der Waals surface area contributed by atoms with Crippen LogP contribution in [0.2, 0.25) is 6.32 Å². The predicted molar refractivity (Wildman–Crippen MR) is 160 cm³/mol. The van der Waals surface area contributed by atoms with E-state index >= 15 is 0 Å². The fraction of sp³-hybridized carbons (Fsp3) is 0.303. The van der Waals surface area contributed by atoms with Crippen molar-refractivity contribution in [3.63, 3.8) is 0 Å². The third kappa shape index (κ3) is 5.26. The predicted octanol–water partition coefficient (Wildman–Crippen LogP) is 6.87. The van der Waals surface area contributed by atoms with Gasteiger partial charge in [0, 0.05) is 30.9 Å². The lowest BCUT2D eigenvalue weighted by atomic mass is 9.65. The van der Waals surface area contributed by atoms with Crippen LogP contribution < -0.4 is 10.4 Å². The molecule has 36 heavy (non-hydrogen) atoms. The molecule has 0 unspecified atom stereocenters. The Labute approximate surface area is 218 Å². The molecule has 3 heteroatoms. The number of hydrogen-bond donors (Lipinski definition) is 0. The first-order chi connectivity index (χ1) is 17.6. The third-order valence-electron chi connectivity index (χ3n) is 7.22. The van der Waals surface area contributed by atoms with Crippen LogP contribution in [0, 0.1) is 0 Å². The van der Waals surface area contributed by atoms with Crippen molar-refractivity contribution in [2.24, 2.45) is 0 Å². The van der Waals surface area contributed by atoms with Gasteiger partial charge in [0.25, 0.3) is 0 Å². The van der Waals surface area contributed by atoms with E-state index in [4.69, 9.17) is 0 Å². The highest BCUT2D eigenvalue weighted by atomic mass is 15.1. The van der Waals surface area contributed by atoms with Gasteiger partial charge in [0.05, 0.1) is 0 Å². The van der Waals surface area contributed by atoms with Crippen molar-refractivity contribution >= 4 is 40.5 Å². The van der Waals surface area contributed by atoms with Gasteiger partial charge in [-0.05, 0) is 85.0 Å². The van der Waals surface area contributed by atoms with Crippen LogP contribution in [0.15, 0.2) is 90.5 Å². The Hall–Kier alpha value is -3.33. The number of fused-ring (bicyclic) bond motifs is 1. The minimum Gasteiger partial charge on any atom is -0.372 e. The molecule has 0 fully saturated rings. The fourth-order valence-electron chi connectivity index (χ4n) is 5.27. The summed E-state index contributed by atoms with van der Waals surface area (Å²) in [4.78, 5) is 2.40. The molecule has 0 atom stereocenters. The first-order valence-corrected chi connectivity index (χ1v) is 13.6. The largest absolute Gasteiger partial charge is 0.372 e. The van der Waals surface area contributed by atoms with Crippen molar-refractivity contribution in [3.8, 4) is 0 Å². The molecule has 3 aromatic carbocycles. The van der Waals surface area contributed by atoms with E-state index in [9.17, 15) is 0 Å². The maximum atomic E-state index is 2.40. The monoisotopic (exact) mass is 474 g/mol. The molecule has 0 spiro atoms. The summed E-state index contributed by atoms with van der Waals surface area (Å²) in [6.45, 7) is 15.1. The average molecular weight is 475 g/mol. The number of hydrogen-bond acceptors (Lipinski definition) is 1. The second-order valence-electron chi connectivity index (χ2n) is 9.17. The quantitative estimate of drug-likeness (QED) is 0.242. The summed E-state index contributed by atoms with van der Waals surface area (Å²) >= 11 is 0. The van der Waals surface area contributed by atoms with Gasteiger partial charge in [0.2, 0.25) is 0 Å². The zero-order chi connectivity index (χ0) is 25.5. The molecular formula is C33H39BN2+. The zero-order valence-electron chi connectivity index (χ0n) is 22.6. The van der Waals surface area contributed by atoms with Gasteiger partial charge in [0.1, 0.15) is 13.1 Å². The summed E-state index contributed by atoms with van der Waals surface area (Å²) in [7, 11) is 2.32. The lowest BCUT2D eigenvalue weighted by molar-refractivity contribution is -0.519. The average Bonchev–Trinajstić information content (AvgIpc) is 2.93. The summed E-state index contributed by atoms with van der Waals surface area (Å²) in [6, 6.07) is 22.6. The Morgan fingerprint density at radius 2 is 1.36 bits per heavy atom. The second kappa shape index (κ2) is 12.1. The SMILES string of the molecule is CC[B]c1ccc(C(=C2C=CC(=[N+](CC)CC)C=C2)c2ccc(N(CC)CC)cc2)c2ccccc12. The number of allylic oxidation sites excluding steroid dienone is 5. The number of anilines is 1. The van der Waals surface area contributed by atoms with E-state index in [-0.39, 0.29) is 0 Å². The standard InChI is InChI=1S/C33H39BN2/c1-6-34-32-24-23-31(29-13-11-12-14-30(29)32)33(25-15-19-27(20-16-25)35(7-2)8-3)26-17-21-28(22-18-26)36(9-4)10-5/h11-24H,6-10H2,1-5H3/q+1. The lowest BCUT2D eigenvalue weighted by Gasteiger charge is -2.22. The van der Waals surface area contributed by atoms with Crippen molar-refractivity contribution in [1.82, 2.24) is 0 Å². The highest BCUT2D eigenvalue weighted by Crippen LogP contribution is 2.34. The smallest absolute Gasteiger partial charge is 0.199 e. The van der Waals surface area contributed by atoms with Crippen molar-refractivity contribution in [3.05, 3.63) is 102 Å². The van der Waals surface area contributed by atoms with Crippen LogP contribution in [-0.2, 0) is 0 Å². The zero-order valence-corrected chi connectivity index (χ0v) is 22.6. The van der Waals surface area contributed by atoms with E-state index < -0.39 is 0 Å². The van der Waals surface area contributed by atoms with Gasteiger partial charge in [-0.3, -0.25) is 0 Å². The van der Waals surface area contributed by atoms with Crippen molar-refractivity contribution in [2.75, 3.05) is 31.1 Å². The van der Waals surface area contributed by atoms with Crippen molar-refractivity contribution in [2.45, 2.75) is 40.9 Å². The first-order valence-electron chi connectivity index (χ1n) is 13.6. The van der Waals surface area contributed by atoms with Crippen LogP contribution >= 0.6 is 0 Å². The van der Waals surface area contributed by atoms with Crippen LogP contribution in [-0.4, -0.2) is 43.7 Å². The maximum Gasteiger partial charge on any atom is 0.199 e. The molecule has 3 aromatic rings. The molecule has 0 saturated carbocycles. The summed E-state index contributed by atoms with van der Waals surface area (Å²) < 4.78 is 2.40. The summed E-state index contributed by atoms with van der Waals surface area (Å²) in [6.07, 6.45) is 10.2. The van der Waals surface area contributed by atoms with Gasteiger partial charge < -0.3 is 4.90 Å². The van der Waals surface area contributed by atoms with Gasteiger partial charge in [-0.25, -0.2) is 4.58 Å². The second-order valence-corrected chi connectivity index (χ2v) is 9.17. The van der Waals surface area contributed by atoms with E-state index in [1.54, 1.807) is 0 Å². The Bertz CT molecular complexity index is 1300. The van der Waals surface area contributed by atoms with Crippen molar-refractivity contribution < 1.29 is 4.58 Å². The van der Waals surface area contributed by atoms with Gasteiger partial charge in [-0.15, -0.1) is 0 Å². The Balaban J connectivity index is 1.93. The number of rotatable bonds is 9. The Morgan fingerprint density at radius 1 is 0.722 bits per heavy atom. The lowest BCUT2D eigenvalue weighted by Crippen LogP contribution is -2.21. The van der Waals surface area contributed by atoms with E-state index in [2.05, 4.69) is 136 Å². The van der Waals surface area contributed by atoms with E-state index in [0.717, 1.165) is 32.5 Å². The third-order valence-corrected chi connectivity index (χ3v) is 7.22. The molecule has 1 aliphatic rings. The molecule has 0 aromatic heterocycles. The molecular weight excluding hydrogens is 435 g/mol. The Kier molecular flexibility index (Phi) is 8.64. The normalized spacial score (nSPS) is 12.8. The molecule has 0 amide bonds. The molecule has 1 radical (unpaired) electrons. The topological polar surface area (TPSA) is 6.25 Å². The molecule has 0 N–H and O–H groups in total. The highest BCUT2D eigenvalue weighted by Gasteiger charge is 2.17. The molecule has 0 aliphatic heterocycles. The van der Waals surface area contributed by atoms with E-state index in [1.165, 1.54) is 49.9 Å². The molecule has 4 rings (SSSR count). The summed E-state index contributed by atoms with van der Waals surface area (Å²) in [5.74, 6) is 0. The van der Waals surface area contributed by atoms with Crippen LogP contribution in [0.4, 0.5) is 5.69 Å². The van der Waals surface area contributed by atoms with E-state index in [1.807, 2.05) is 0 Å². The van der Waals surface area contributed by atoms with Gasteiger partial charge in [-0.2, -0.15) is 0 Å². The minimum absolute atomic E-state index is 1.01. The number of benzene rings is 3. The minimum atomic E-state index is 1.01.